The standard InChI is InChI=1S/C10H12F3N3O4/c1-16-3-6(2-14-16)8(9(18)19)15-7(17)4-20-5-10(11,12)13/h2-3,8H,4-5H2,1H3,(H,15,17)(H,18,19). The third kappa shape index (κ3) is 5.26. The lowest BCUT2D eigenvalue weighted by Gasteiger charge is -2.13. The van der Waals surface area contributed by atoms with Crippen molar-refractivity contribution >= 4 is 11.9 Å². The zero-order chi connectivity index (χ0) is 15.3. The first kappa shape index (κ1) is 16.0. The Labute approximate surface area is 111 Å². The molecule has 1 amide bonds. The number of hydrogen-bond acceptors (Lipinski definition) is 4. The van der Waals surface area contributed by atoms with E-state index in [1.165, 1.54) is 17.1 Å². The number of aryl methyl sites for hydroxylation is 1. The number of hydrogen-bond donors (Lipinski definition) is 2. The fourth-order valence-electron chi connectivity index (χ4n) is 1.34. The van der Waals surface area contributed by atoms with Crippen LogP contribution in [0.25, 0.3) is 0 Å². The van der Waals surface area contributed by atoms with Crippen LogP contribution in [0.1, 0.15) is 11.6 Å². The van der Waals surface area contributed by atoms with E-state index in [2.05, 4.69) is 9.84 Å². The molecule has 2 N–H and O–H groups in total. The highest BCUT2D eigenvalue weighted by Crippen LogP contribution is 2.14. The Kier molecular flexibility index (Phi) is 5.08. The van der Waals surface area contributed by atoms with Crippen molar-refractivity contribution in [1.82, 2.24) is 15.1 Å². The number of carbonyl (C=O) groups excluding carboxylic acids is 1. The molecule has 1 atom stereocenters. The molecule has 0 saturated carbocycles. The Morgan fingerprint density at radius 2 is 2.20 bits per heavy atom. The number of carboxylic acid groups (broad SMARTS) is 1. The number of ether oxygens (including phenoxy) is 1. The van der Waals surface area contributed by atoms with Crippen molar-refractivity contribution in [3.05, 3.63) is 18.0 Å². The molecule has 10 heteroatoms. The van der Waals surface area contributed by atoms with Crippen molar-refractivity contribution in [2.45, 2.75) is 12.2 Å². The van der Waals surface area contributed by atoms with Crippen molar-refractivity contribution in [2.75, 3.05) is 13.2 Å². The van der Waals surface area contributed by atoms with Gasteiger partial charge in [-0.15, -0.1) is 0 Å². The molecule has 0 aliphatic rings. The number of halogens is 3. The van der Waals surface area contributed by atoms with Crippen molar-refractivity contribution < 1.29 is 32.6 Å². The second-order valence-corrected chi connectivity index (χ2v) is 3.89. The number of nitrogens with one attached hydrogen (secondary N) is 1. The summed E-state index contributed by atoms with van der Waals surface area (Å²) in [6, 6.07) is -1.40. The summed E-state index contributed by atoms with van der Waals surface area (Å²) in [6.07, 6.45) is -1.94. The summed E-state index contributed by atoms with van der Waals surface area (Å²) < 4.78 is 40.9. The van der Waals surface area contributed by atoms with Crippen LogP contribution in [0.2, 0.25) is 0 Å². The molecular formula is C10H12F3N3O4. The van der Waals surface area contributed by atoms with Gasteiger partial charge in [0.1, 0.15) is 13.2 Å². The molecule has 0 spiro atoms. The highest BCUT2D eigenvalue weighted by Gasteiger charge is 2.28. The number of amides is 1. The summed E-state index contributed by atoms with van der Waals surface area (Å²) in [5.41, 5.74) is 0.198. The molecule has 0 aliphatic carbocycles. The number of alkyl halides is 3. The summed E-state index contributed by atoms with van der Waals surface area (Å²) in [4.78, 5) is 22.3. The largest absolute Gasteiger partial charge is 0.479 e. The summed E-state index contributed by atoms with van der Waals surface area (Å²) in [5.74, 6) is -2.33. The van der Waals surface area contributed by atoms with E-state index in [4.69, 9.17) is 5.11 Å². The van der Waals surface area contributed by atoms with Gasteiger partial charge in [-0.05, 0) is 0 Å². The monoisotopic (exact) mass is 295 g/mol. The van der Waals surface area contributed by atoms with Crippen molar-refractivity contribution in [2.24, 2.45) is 7.05 Å². The summed E-state index contributed by atoms with van der Waals surface area (Å²) >= 11 is 0. The van der Waals surface area contributed by atoms with Crippen LogP contribution in [0.3, 0.4) is 0 Å². The normalized spacial score (nSPS) is 13.0. The van der Waals surface area contributed by atoms with Gasteiger partial charge >= 0.3 is 12.1 Å². The van der Waals surface area contributed by atoms with E-state index in [1.54, 1.807) is 7.05 Å². The molecule has 1 unspecified atom stereocenters. The Balaban J connectivity index is 2.54. The Morgan fingerprint density at radius 3 is 2.65 bits per heavy atom. The molecule has 0 aliphatic heterocycles. The van der Waals surface area contributed by atoms with Crippen LogP contribution in [0.15, 0.2) is 12.4 Å². The molecule has 0 saturated heterocycles. The molecule has 0 bridgehead atoms. The van der Waals surface area contributed by atoms with Crippen LogP contribution < -0.4 is 5.32 Å². The first-order chi connectivity index (χ1) is 9.19. The van der Waals surface area contributed by atoms with Gasteiger partial charge in [0, 0.05) is 18.8 Å². The molecule has 0 radical (unpaired) electrons. The number of rotatable bonds is 6. The van der Waals surface area contributed by atoms with Crippen molar-refractivity contribution in [1.29, 1.82) is 0 Å². The molecule has 20 heavy (non-hydrogen) atoms. The topological polar surface area (TPSA) is 93.5 Å². The molecule has 1 heterocycles. The Bertz CT molecular complexity index is 486. The van der Waals surface area contributed by atoms with Gasteiger partial charge in [-0.1, -0.05) is 0 Å². The van der Waals surface area contributed by atoms with Gasteiger partial charge in [-0.2, -0.15) is 18.3 Å². The maximum Gasteiger partial charge on any atom is 0.411 e. The predicted octanol–water partition coefficient (Wildman–Crippen LogP) is 0.241. The van der Waals surface area contributed by atoms with E-state index in [9.17, 15) is 22.8 Å². The van der Waals surface area contributed by atoms with Crippen LogP contribution in [0, 0.1) is 0 Å². The van der Waals surface area contributed by atoms with Gasteiger partial charge in [-0.25, -0.2) is 4.79 Å². The molecular weight excluding hydrogens is 283 g/mol. The zero-order valence-electron chi connectivity index (χ0n) is 10.3. The predicted molar refractivity (Wildman–Crippen MR) is 58.6 cm³/mol. The fourth-order valence-corrected chi connectivity index (χ4v) is 1.34. The summed E-state index contributed by atoms with van der Waals surface area (Å²) in [5, 5.41) is 14.8. The first-order valence-electron chi connectivity index (χ1n) is 5.34. The third-order valence-electron chi connectivity index (χ3n) is 2.11. The van der Waals surface area contributed by atoms with E-state index >= 15 is 0 Å². The van der Waals surface area contributed by atoms with Crippen molar-refractivity contribution in [3.8, 4) is 0 Å². The number of carbonyl (C=O) groups is 2. The second kappa shape index (κ2) is 6.37. The maximum atomic E-state index is 11.8. The molecule has 0 fully saturated rings. The van der Waals surface area contributed by atoms with E-state index in [-0.39, 0.29) is 5.56 Å². The summed E-state index contributed by atoms with van der Waals surface area (Å²) in [6.45, 7) is -2.46. The number of nitrogens with zero attached hydrogens (tertiary/aromatic N) is 2. The van der Waals surface area contributed by atoms with Gasteiger partial charge in [0.15, 0.2) is 6.04 Å². The third-order valence-corrected chi connectivity index (χ3v) is 2.11. The van der Waals surface area contributed by atoms with Crippen LogP contribution >= 0.6 is 0 Å². The number of aromatic nitrogens is 2. The minimum absolute atomic E-state index is 0.198. The smallest absolute Gasteiger partial charge is 0.411 e. The SMILES string of the molecule is Cn1cc(C(NC(=O)COCC(F)(F)F)C(=O)O)cn1. The maximum absolute atomic E-state index is 11.8. The average molecular weight is 295 g/mol. The molecule has 112 valence electrons. The second-order valence-electron chi connectivity index (χ2n) is 3.89. The Morgan fingerprint density at radius 1 is 1.55 bits per heavy atom. The molecule has 1 rings (SSSR count). The minimum Gasteiger partial charge on any atom is -0.479 e. The lowest BCUT2D eigenvalue weighted by Crippen LogP contribution is -2.36. The lowest BCUT2D eigenvalue weighted by molar-refractivity contribution is -0.176. The van der Waals surface area contributed by atoms with Gasteiger partial charge in [0.05, 0.1) is 6.20 Å². The van der Waals surface area contributed by atoms with Crippen LogP contribution in [-0.4, -0.2) is 46.2 Å². The average Bonchev–Trinajstić information content (AvgIpc) is 2.70. The van der Waals surface area contributed by atoms with Gasteiger partial charge in [0.2, 0.25) is 5.91 Å². The molecule has 0 aromatic carbocycles. The quantitative estimate of drug-likeness (QED) is 0.784. The molecule has 1 aromatic heterocycles. The minimum atomic E-state index is -4.55. The molecule has 1 aromatic rings. The summed E-state index contributed by atoms with van der Waals surface area (Å²) in [7, 11) is 1.55. The van der Waals surface area contributed by atoms with Crippen LogP contribution in [0.5, 0.6) is 0 Å². The van der Waals surface area contributed by atoms with E-state index < -0.39 is 37.3 Å². The highest BCUT2D eigenvalue weighted by atomic mass is 19.4. The van der Waals surface area contributed by atoms with E-state index in [1.807, 2.05) is 5.32 Å². The zero-order valence-corrected chi connectivity index (χ0v) is 10.3. The van der Waals surface area contributed by atoms with Gasteiger partial charge < -0.3 is 15.2 Å². The van der Waals surface area contributed by atoms with E-state index in [0.29, 0.717) is 0 Å². The number of aliphatic carboxylic acids is 1. The van der Waals surface area contributed by atoms with Gasteiger partial charge in [0.25, 0.3) is 0 Å². The van der Waals surface area contributed by atoms with Crippen LogP contribution in [-0.2, 0) is 21.4 Å². The van der Waals surface area contributed by atoms with Crippen molar-refractivity contribution in [3.63, 3.8) is 0 Å². The Hall–Kier alpha value is -2.10. The molecule has 7 nitrogen and oxygen atoms in total. The van der Waals surface area contributed by atoms with E-state index in [0.717, 1.165) is 0 Å². The lowest BCUT2D eigenvalue weighted by atomic mass is 10.1. The highest BCUT2D eigenvalue weighted by molar-refractivity contribution is 5.85. The number of carboxylic acids is 1. The van der Waals surface area contributed by atoms with Crippen LogP contribution in [0.4, 0.5) is 13.2 Å². The first-order valence-corrected chi connectivity index (χ1v) is 5.34. The van der Waals surface area contributed by atoms with Gasteiger partial charge in [-0.3, -0.25) is 9.48 Å². The fraction of sp³-hybridized carbons (Fsp3) is 0.500.